The minimum absolute atomic E-state index is 1.83. The van der Waals surface area contributed by atoms with Gasteiger partial charge in [0.25, 0.3) is 0 Å². The van der Waals surface area contributed by atoms with Gasteiger partial charge in [-0.25, -0.2) is 4.79 Å². The molecule has 0 aromatic heterocycles. The summed E-state index contributed by atoms with van der Waals surface area (Å²) in [4.78, 5) is 8.56. The molecule has 0 aromatic rings. The second-order valence-corrected chi connectivity index (χ2v) is 0.626. The van der Waals surface area contributed by atoms with Gasteiger partial charge in [0, 0.05) is 0 Å². The first kappa shape index (κ1) is 9.77. The summed E-state index contributed by atoms with van der Waals surface area (Å²) < 4.78 is 17.0. The van der Waals surface area contributed by atoms with E-state index < -0.39 is 25.2 Å². The zero-order valence-corrected chi connectivity index (χ0v) is 4.68. The zero-order valence-electron chi connectivity index (χ0n) is 3.12. The molecular weight excluding hydrogens is 140 g/mol. The third kappa shape index (κ3) is 415. The molecule has 0 fully saturated rings. The van der Waals surface area contributed by atoms with Crippen molar-refractivity contribution in [2.24, 2.45) is 0 Å². The van der Waals surface area contributed by atoms with Gasteiger partial charge in [0.15, 0.2) is 0 Å². The van der Waals surface area contributed by atoms with E-state index in [1.807, 2.05) is 0 Å². The van der Waals surface area contributed by atoms with Crippen molar-refractivity contribution in [2.45, 2.75) is 0 Å². The predicted octanol–water partition coefficient (Wildman–Crippen LogP) is -0.0177. The van der Waals surface area contributed by atoms with E-state index in [4.69, 9.17) is 21.7 Å². The Bertz CT molecular complexity index is 76.1. The van der Waals surface area contributed by atoms with E-state index in [0.29, 0.717) is 0 Å². The fourth-order valence-electron chi connectivity index (χ4n) is 0. The van der Waals surface area contributed by atoms with Crippen LogP contribution in [0.1, 0.15) is 0 Å². The van der Waals surface area contributed by atoms with Crippen molar-refractivity contribution in [3.63, 3.8) is 0 Å². The van der Waals surface area contributed by atoms with Crippen LogP contribution < -0.4 is 0 Å². The van der Waals surface area contributed by atoms with Crippen LogP contribution in [0.5, 0.6) is 0 Å². The second-order valence-electron chi connectivity index (χ2n) is 0.366. The molecule has 0 aromatic carbocycles. The molecule has 0 spiro atoms. The molecule has 0 aliphatic rings. The van der Waals surface area contributed by atoms with Crippen molar-refractivity contribution in [1.29, 1.82) is 0 Å². The number of hydrogen-bond acceptors (Lipinski definition) is 3. The summed E-state index contributed by atoms with van der Waals surface area (Å²) in [5.41, 5.74) is 0. The number of rotatable bonds is 0. The third-order valence-corrected chi connectivity index (χ3v) is 0. The standard InChI is InChI=1S/CH2O3.2O.Ti/c2-1(3)4;;;/h(H2,2,3,4);;;. The van der Waals surface area contributed by atoms with Gasteiger partial charge in [-0.3, -0.25) is 0 Å². The van der Waals surface area contributed by atoms with Crippen LogP contribution in [0.15, 0.2) is 0 Å². The summed E-state index contributed by atoms with van der Waals surface area (Å²) in [6.45, 7) is 0. The number of hydrogen-bond donors (Lipinski definition) is 2. The molecule has 40 valence electrons. The molecule has 0 aliphatic heterocycles. The van der Waals surface area contributed by atoms with E-state index in [9.17, 15) is 0 Å². The normalized spacial score (nSPS) is 4.57. The van der Waals surface area contributed by atoms with E-state index >= 15 is 0 Å². The summed E-state index contributed by atoms with van der Waals surface area (Å²) >= 11 is -2.00. The summed E-state index contributed by atoms with van der Waals surface area (Å²) in [5.74, 6) is 0. The molecule has 0 aliphatic carbocycles. The van der Waals surface area contributed by atoms with Crippen LogP contribution >= 0.6 is 0 Å². The minimum atomic E-state index is -2.00. The van der Waals surface area contributed by atoms with Gasteiger partial charge >= 0.3 is 31.9 Å². The topological polar surface area (TPSA) is 91.7 Å². The molecule has 0 saturated heterocycles. The van der Waals surface area contributed by atoms with Crippen molar-refractivity contribution in [3.8, 4) is 0 Å². The van der Waals surface area contributed by atoms with Gasteiger partial charge in [0.1, 0.15) is 0 Å². The number of carbonyl (C=O) groups is 1. The van der Waals surface area contributed by atoms with E-state index in [0.717, 1.165) is 0 Å². The molecule has 2 N–H and O–H groups in total. The summed E-state index contributed by atoms with van der Waals surface area (Å²) in [5, 5.41) is 13.9. The van der Waals surface area contributed by atoms with Crippen LogP contribution in [0.3, 0.4) is 0 Å². The first-order valence-corrected chi connectivity index (χ1v) is 2.33. The van der Waals surface area contributed by atoms with Crippen molar-refractivity contribution in [1.82, 2.24) is 0 Å². The van der Waals surface area contributed by atoms with Gasteiger partial charge in [0.2, 0.25) is 0 Å². The summed E-state index contributed by atoms with van der Waals surface area (Å²) in [6.07, 6.45) is -1.83. The predicted molar refractivity (Wildman–Crippen MR) is 12.0 cm³/mol. The van der Waals surface area contributed by atoms with Crippen LogP contribution in [0.25, 0.3) is 0 Å². The van der Waals surface area contributed by atoms with E-state index in [2.05, 4.69) is 0 Å². The first-order chi connectivity index (χ1) is 3.15. The fourth-order valence-corrected chi connectivity index (χ4v) is 0. The van der Waals surface area contributed by atoms with Gasteiger partial charge in [-0.2, -0.15) is 0 Å². The Morgan fingerprint density at radius 3 is 1.29 bits per heavy atom. The van der Waals surface area contributed by atoms with Crippen LogP contribution in [0.2, 0.25) is 0 Å². The second kappa shape index (κ2) is 9.13. The Morgan fingerprint density at radius 1 is 1.29 bits per heavy atom. The van der Waals surface area contributed by atoms with Crippen LogP contribution in [-0.4, -0.2) is 16.4 Å². The zero-order chi connectivity index (χ0) is 6.28. The Morgan fingerprint density at radius 2 is 1.29 bits per heavy atom. The van der Waals surface area contributed by atoms with Gasteiger partial charge in [0.05, 0.1) is 0 Å². The molecule has 0 saturated carbocycles. The molecule has 0 bridgehead atoms. The molecule has 0 heterocycles. The monoisotopic (exact) mass is 142 g/mol. The quantitative estimate of drug-likeness (QED) is 0.463. The third-order valence-electron chi connectivity index (χ3n) is 0. The van der Waals surface area contributed by atoms with Crippen molar-refractivity contribution in [2.75, 3.05) is 0 Å². The summed E-state index contributed by atoms with van der Waals surface area (Å²) in [6, 6.07) is 0. The number of carboxylic acid groups (broad SMARTS) is 2. The van der Waals surface area contributed by atoms with Gasteiger partial charge in [-0.05, 0) is 0 Å². The Balaban J connectivity index is 0. The SMILES string of the molecule is O=C(O)O.[O]=[Ti]=[O]. The molecule has 0 atom stereocenters. The van der Waals surface area contributed by atoms with Gasteiger partial charge in [-0.15, -0.1) is 0 Å². The molecule has 0 radical (unpaired) electrons. The van der Waals surface area contributed by atoms with Crippen molar-refractivity contribution < 1.29 is 40.7 Å². The van der Waals surface area contributed by atoms with Gasteiger partial charge < -0.3 is 10.2 Å². The Labute approximate surface area is 47.5 Å². The molecule has 5 nitrogen and oxygen atoms in total. The van der Waals surface area contributed by atoms with E-state index in [-0.39, 0.29) is 0 Å². The van der Waals surface area contributed by atoms with Gasteiger partial charge in [-0.1, -0.05) is 0 Å². The average molecular weight is 142 g/mol. The van der Waals surface area contributed by atoms with Crippen LogP contribution in [0.4, 0.5) is 4.79 Å². The molecular formula is CH2O5Ti. The Kier molecular flexibility index (Phi) is 12.7. The summed E-state index contributed by atoms with van der Waals surface area (Å²) in [7, 11) is 0. The van der Waals surface area contributed by atoms with E-state index in [1.165, 1.54) is 0 Å². The molecule has 6 heteroatoms. The molecule has 0 rings (SSSR count). The average Bonchev–Trinajstić information content (AvgIpc) is 1.33. The first-order valence-electron chi connectivity index (χ1n) is 1.06. The Hall–Kier alpha value is -0.416. The fraction of sp³-hybridized carbons (Fsp3) is 0. The van der Waals surface area contributed by atoms with Crippen LogP contribution in [-0.2, 0) is 25.7 Å². The van der Waals surface area contributed by atoms with E-state index in [1.54, 1.807) is 0 Å². The van der Waals surface area contributed by atoms with Crippen molar-refractivity contribution in [3.05, 3.63) is 0 Å². The molecule has 0 amide bonds. The maximum atomic E-state index is 8.56. The molecule has 7 heavy (non-hydrogen) atoms. The molecule has 0 unspecified atom stereocenters. The maximum absolute atomic E-state index is 8.56. The van der Waals surface area contributed by atoms with Crippen LogP contribution in [0, 0.1) is 0 Å². The van der Waals surface area contributed by atoms with Crippen molar-refractivity contribution >= 4 is 6.16 Å².